The maximum Gasteiger partial charge on any atom is 0.243 e. The lowest BCUT2D eigenvalue weighted by molar-refractivity contribution is -0.132. The van der Waals surface area contributed by atoms with Crippen LogP contribution in [0.1, 0.15) is 18.1 Å². The van der Waals surface area contributed by atoms with E-state index in [2.05, 4.69) is 5.32 Å². The predicted octanol–water partition coefficient (Wildman–Crippen LogP) is 4.33. The minimum atomic E-state index is -0.233. The van der Waals surface area contributed by atoms with Crippen LogP contribution in [0.15, 0.2) is 42.5 Å². The first-order chi connectivity index (χ1) is 11.8. The first-order valence-corrected chi connectivity index (χ1v) is 8.66. The summed E-state index contributed by atoms with van der Waals surface area (Å²) in [7, 11) is 0. The number of carbonyl (C=O) groups is 2. The lowest BCUT2D eigenvalue weighted by Crippen LogP contribution is -2.38. The normalized spacial score (nSPS) is 10.4. The molecule has 0 aliphatic carbocycles. The third-order valence-electron chi connectivity index (χ3n) is 3.75. The van der Waals surface area contributed by atoms with E-state index < -0.39 is 0 Å². The fraction of sp³-hybridized carbons (Fsp3) is 0.263. The summed E-state index contributed by atoms with van der Waals surface area (Å²) in [5.74, 6) is -0.396. The van der Waals surface area contributed by atoms with Gasteiger partial charge in [0.05, 0.1) is 6.54 Å². The molecule has 0 unspecified atom stereocenters. The van der Waals surface area contributed by atoms with Gasteiger partial charge in [-0.05, 0) is 48.7 Å². The topological polar surface area (TPSA) is 49.4 Å². The van der Waals surface area contributed by atoms with Gasteiger partial charge in [-0.3, -0.25) is 9.59 Å². The Balaban J connectivity index is 1.96. The number of aryl methyl sites for hydroxylation is 1. The quantitative estimate of drug-likeness (QED) is 0.812. The van der Waals surface area contributed by atoms with E-state index in [4.69, 9.17) is 23.2 Å². The lowest BCUT2D eigenvalue weighted by Gasteiger charge is -2.21. The minimum Gasteiger partial charge on any atom is -0.333 e. The van der Waals surface area contributed by atoms with Gasteiger partial charge in [0.15, 0.2) is 0 Å². The molecule has 0 spiro atoms. The van der Waals surface area contributed by atoms with Crippen LogP contribution in [0.5, 0.6) is 0 Å². The summed E-state index contributed by atoms with van der Waals surface area (Å²) >= 11 is 12.0. The van der Waals surface area contributed by atoms with E-state index in [-0.39, 0.29) is 18.4 Å². The minimum absolute atomic E-state index is 0.00547. The molecule has 0 aliphatic heterocycles. The maximum atomic E-state index is 12.2. The fourth-order valence-electron chi connectivity index (χ4n) is 2.42. The molecule has 0 atom stereocenters. The third kappa shape index (κ3) is 6.07. The van der Waals surface area contributed by atoms with Gasteiger partial charge in [-0.1, -0.05) is 41.4 Å². The van der Waals surface area contributed by atoms with Crippen LogP contribution in [-0.4, -0.2) is 29.8 Å². The van der Waals surface area contributed by atoms with E-state index in [0.29, 0.717) is 28.7 Å². The number of benzene rings is 2. The average Bonchev–Trinajstić information content (AvgIpc) is 2.52. The van der Waals surface area contributed by atoms with Gasteiger partial charge in [0.2, 0.25) is 11.8 Å². The van der Waals surface area contributed by atoms with Gasteiger partial charge in [-0.15, -0.1) is 0 Å². The van der Waals surface area contributed by atoms with Gasteiger partial charge in [-0.2, -0.15) is 0 Å². The Morgan fingerprint density at radius 3 is 2.52 bits per heavy atom. The van der Waals surface area contributed by atoms with Crippen LogP contribution in [0.3, 0.4) is 0 Å². The summed E-state index contributed by atoms with van der Waals surface area (Å²) in [6.45, 7) is 3.79. The SMILES string of the molecule is CC(=O)N(CCc1ccc(Cl)cc1Cl)CC(=O)Nc1cccc(C)c1. The van der Waals surface area contributed by atoms with Crippen molar-refractivity contribution in [2.45, 2.75) is 20.3 Å². The number of anilines is 1. The summed E-state index contributed by atoms with van der Waals surface area (Å²) in [6, 6.07) is 12.8. The Hall–Kier alpha value is -2.04. The van der Waals surface area contributed by atoms with Crippen molar-refractivity contribution >= 4 is 40.7 Å². The molecule has 0 saturated carbocycles. The second-order valence-corrected chi connectivity index (χ2v) is 6.69. The van der Waals surface area contributed by atoms with Crippen molar-refractivity contribution in [1.82, 2.24) is 4.90 Å². The van der Waals surface area contributed by atoms with Gasteiger partial charge in [0.1, 0.15) is 0 Å². The van der Waals surface area contributed by atoms with Crippen LogP contribution >= 0.6 is 23.2 Å². The molecule has 2 aromatic rings. The van der Waals surface area contributed by atoms with Crippen molar-refractivity contribution in [2.75, 3.05) is 18.4 Å². The third-order valence-corrected chi connectivity index (χ3v) is 4.33. The zero-order chi connectivity index (χ0) is 18.4. The summed E-state index contributed by atoms with van der Waals surface area (Å²) in [5, 5.41) is 3.93. The van der Waals surface area contributed by atoms with Gasteiger partial charge in [0, 0.05) is 29.2 Å². The van der Waals surface area contributed by atoms with E-state index in [1.165, 1.54) is 11.8 Å². The molecule has 0 saturated heterocycles. The second kappa shape index (κ2) is 8.88. The number of hydrogen-bond donors (Lipinski definition) is 1. The van der Waals surface area contributed by atoms with Crippen molar-refractivity contribution in [3.05, 3.63) is 63.6 Å². The number of nitrogens with zero attached hydrogens (tertiary/aromatic N) is 1. The first-order valence-electron chi connectivity index (χ1n) is 7.91. The molecule has 2 rings (SSSR count). The summed E-state index contributed by atoms with van der Waals surface area (Å²) in [4.78, 5) is 25.5. The highest BCUT2D eigenvalue weighted by Gasteiger charge is 2.14. The molecular weight excluding hydrogens is 359 g/mol. The zero-order valence-electron chi connectivity index (χ0n) is 14.2. The Morgan fingerprint density at radius 2 is 1.88 bits per heavy atom. The van der Waals surface area contributed by atoms with Gasteiger partial charge in [-0.25, -0.2) is 0 Å². The molecular formula is C19H20Cl2N2O2. The van der Waals surface area contributed by atoms with Gasteiger partial charge < -0.3 is 10.2 Å². The molecule has 0 heterocycles. The molecule has 6 heteroatoms. The van der Waals surface area contributed by atoms with Crippen molar-refractivity contribution < 1.29 is 9.59 Å². The highest BCUT2D eigenvalue weighted by atomic mass is 35.5. The number of halogens is 2. The molecule has 2 amide bonds. The first kappa shape index (κ1) is 19.3. The number of rotatable bonds is 6. The predicted molar refractivity (Wildman–Crippen MR) is 102 cm³/mol. The molecule has 0 fully saturated rings. The van der Waals surface area contributed by atoms with Crippen molar-refractivity contribution in [3.63, 3.8) is 0 Å². The second-order valence-electron chi connectivity index (χ2n) is 5.84. The van der Waals surface area contributed by atoms with Crippen LogP contribution < -0.4 is 5.32 Å². The van der Waals surface area contributed by atoms with E-state index in [1.807, 2.05) is 37.3 Å². The van der Waals surface area contributed by atoms with E-state index >= 15 is 0 Å². The van der Waals surface area contributed by atoms with Crippen molar-refractivity contribution in [1.29, 1.82) is 0 Å². The van der Waals surface area contributed by atoms with Gasteiger partial charge in [0.25, 0.3) is 0 Å². The average molecular weight is 379 g/mol. The number of hydrogen-bond acceptors (Lipinski definition) is 2. The zero-order valence-corrected chi connectivity index (χ0v) is 15.7. The molecule has 132 valence electrons. The van der Waals surface area contributed by atoms with Crippen molar-refractivity contribution in [2.24, 2.45) is 0 Å². The van der Waals surface area contributed by atoms with Crippen LogP contribution in [0, 0.1) is 6.92 Å². The molecule has 0 aromatic heterocycles. The Bertz CT molecular complexity index is 778. The number of nitrogens with one attached hydrogen (secondary N) is 1. The van der Waals surface area contributed by atoms with Crippen LogP contribution in [-0.2, 0) is 16.0 Å². The molecule has 0 aliphatic rings. The van der Waals surface area contributed by atoms with E-state index in [0.717, 1.165) is 11.1 Å². The van der Waals surface area contributed by atoms with Crippen LogP contribution in [0.4, 0.5) is 5.69 Å². The molecule has 0 bridgehead atoms. The Morgan fingerprint density at radius 1 is 1.12 bits per heavy atom. The highest BCUT2D eigenvalue weighted by Crippen LogP contribution is 2.21. The standard InChI is InChI=1S/C19H20Cl2N2O2/c1-13-4-3-5-17(10-13)22-19(25)12-23(14(2)24)9-8-15-6-7-16(20)11-18(15)21/h3-7,10-11H,8-9,12H2,1-2H3,(H,22,25). The molecule has 25 heavy (non-hydrogen) atoms. The molecule has 4 nitrogen and oxygen atoms in total. The Labute approximate surface area is 157 Å². The highest BCUT2D eigenvalue weighted by molar-refractivity contribution is 6.35. The van der Waals surface area contributed by atoms with Crippen LogP contribution in [0.2, 0.25) is 10.0 Å². The van der Waals surface area contributed by atoms with Crippen LogP contribution in [0.25, 0.3) is 0 Å². The van der Waals surface area contributed by atoms with Gasteiger partial charge >= 0.3 is 0 Å². The van der Waals surface area contributed by atoms with E-state index in [9.17, 15) is 9.59 Å². The van der Waals surface area contributed by atoms with Crippen molar-refractivity contribution in [3.8, 4) is 0 Å². The summed E-state index contributed by atoms with van der Waals surface area (Å²) in [5.41, 5.74) is 2.66. The molecule has 2 aromatic carbocycles. The lowest BCUT2D eigenvalue weighted by atomic mass is 10.1. The molecule has 1 N–H and O–H groups in total. The molecule has 0 radical (unpaired) electrons. The summed E-state index contributed by atoms with van der Waals surface area (Å²) < 4.78 is 0. The number of carbonyl (C=O) groups excluding carboxylic acids is 2. The smallest absolute Gasteiger partial charge is 0.243 e. The monoisotopic (exact) mass is 378 g/mol. The number of amides is 2. The Kier molecular flexibility index (Phi) is 6.85. The summed E-state index contributed by atoms with van der Waals surface area (Å²) in [6.07, 6.45) is 0.549. The fourth-order valence-corrected chi connectivity index (χ4v) is 2.93. The maximum absolute atomic E-state index is 12.2. The van der Waals surface area contributed by atoms with E-state index in [1.54, 1.807) is 12.1 Å². The largest absolute Gasteiger partial charge is 0.333 e.